The predicted molar refractivity (Wildman–Crippen MR) is 111 cm³/mol. The van der Waals surface area contributed by atoms with Crippen molar-refractivity contribution in [2.45, 2.75) is 40.2 Å². The van der Waals surface area contributed by atoms with Crippen LogP contribution in [0.5, 0.6) is 0 Å². The van der Waals surface area contributed by atoms with Gasteiger partial charge in [0.25, 0.3) is 5.91 Å². The van der Waals surface area contributed by atoms with Gasteiger partial charge in [-0.15, -0.1) is 0 Å². The van der Waals surface area contributed by atoms with Crippen LogP contribution in [-0.4, -0.2) is 43.7 Å². The lowest BCUT2D eigenvalue weighted by atomic mass is 10.1. The van der Waals surface area contributed by atoms with Crippen molar-refractivity contribution in [3.63, 3.8) is 0 Å². The summed E-state index contributed by atoms with van der Waals surface area (Å²) in [4.78, 5) is 27.9. The van der Waals surface area contributed by atoms with Crippen molar-refractivity contribution in [3.8, 4) is 0 Å². The second-order valence-electron chi connectivity index (χ2n) is 7.32. The monoisotopic (exact) mass is 419 g/mol. The minimum absolute atomic E-state index is 0.151. The lowest BCUT2D eigenvalue weighted by Crippen LogP contribution is -2.25. The zero-order chi connectivity index (χ0) is 21.3. The quantitative estimate of drug-likeness (QED) is 0.724. The minimum atomic E-state index is -3.25. The molecule has 1 amide bonds. The largest absolute Gasteiger partial charge is 0.459 e. The van der Waals surface area contributed by atoms with E-state index in [0.717, 1.165) is 0 Å². The van der Waals surface area contributed by atoms with Gasteiger partial charge in [-0.1, -0.05) is 0 Å². The number of rotatable bonds is 5. The van der Waals surface area contributed by atoms with Gasteiger partial charge in [-0.2, -0.15) is 0 Å². The van der Waals surface area contributed by atoms with E-state index in [1.54, 1.807) is 52.0 Å². The van der Waals surface area contributed by atoms with E-state index in [1.807, 2.05) is 0 Å². The molecular weight excluding hydrogens is 394 g/mol. The van der Waals surface area contributed by atoms with Gasteiger partial charge in [-0.25, -0.2) is 13.2 Å². The normalized spacial score (nSPS) is 15.6. The number of hydrogen-bond donors (Lipinski definition) is 2. The summed E-state index contributed by atoms with van der Waals surface area (Å²) in [6, 6.07) is 6.63. The molecule has 0 radical (unpaired) electrons. The number of aromatic amines is 1. The van der Waals surface area contributed by atoms with E-state index in [1.165, 1.54) is 4.31 Å². The van der Waals surface area contributed by atoms with Crippen LogP contribution in [0.25, 0.3) is 0 Å². The third-order valence-corrected chi connectivity index (χ3v) is 6.59. The number of hydrogen-bond acceptors (Lipinski definition) is 5. The summed E-state index contributed by atoms with van der Waals surface area (Å²) in [6.45, 7) is 7.40. The molecule has 1 aliphatic heterocycles. The van der Waals surface area contributed by atoms with Crippen LogP contribution in [0.4, 0.5) is 11.4 Å². The summed E-state index contributed by atoms with van der Waals surface area (Å²) >= 11 is 0. The van der Waals surface area contributed by atoms with Gasteiger partial charge in [0.15, 0.2) is 0 Å². The number of ether oxygens (including phenoxy) is 1. The second kappa shape index (κ2) is 7.90. The number of benzene rings is 1. The van der Waals surface area contributed by atoms with Crippen molar-refractivity contribution in [2.24, 2.45) is 0 Å². The molecule has 1 saturated heterocycles. The highest BCUT2D eigenvalue weighted by Crippen LogP contribution is 2.26. The number of nitrogens with one attached hydrogen (secondary N) is 2. The number of aromatic nitrogens is 1. The molecule has 9 heteroatoms. The molecule has 0 spiro atoms. The molecule has 8 nitrogen and oxygen atoms in total. The lowest BCUT2D eigenvalue weighted by Gasteiger charge is -2.17. The van der Waals surface area contributed by atoms with Crippen LogP contribution in [-0.2, 0) is 14.8 Å². The second-order valence-corrected chi connectivity index (χ2v) is 9.33. The Morgan fingerprint density at radius 2 is 1.83 bits per heavy atom. The van der Waals surface area contributed by atoms with E-state index < -0.39 is 21.9 Å². The highest BCUT2D eigenvalue weighted by atomic mass is 32.2. The summed E-state index contributed by atoms with van der Waals surface area (Å²) in [5, 5.41) is 2.77. The molecule has 2 aromatic rings. The Morgan fingerprint density at radius 1 is 1.17 bits per heavy atom. The Kier molecular flexibility index (Phi) is 5.70. The third-order valence-electron chi connectivity index (χ3n) is 4.72. The van der Waals surface area contributed by atoms with Crippen molar-refractivity contribution in [3.05, 3.63) is 46.8 Å². The summed E-state index contributed by atoms with van der Waals surface area (Å²) in [6.07, 6.45) is 0.347. The van der Waals surface area contributed by atoms with Crippen molar-refractivity contribution in [1.82, 2.24) is 4.98 Å². The van der Waals surface area contributed by atoms with Gasteiger partial charge < -0.3 is 15.0 Å². The van der Waals surface area contributed by atoms with Crippen LogP contribution in [0.1, 0.15) is 52.4 Å². The maximum Gasteiger partial charge on any atom is 0.340 e. The van der Waals surface area contributed by atoms with Crippen LogP contribution >= 0.6 is 0 Å². The molecule has 1 fully saturated rings. The first-order valence-electron chi connectivity index (χ1n) is 9.42. The van der Waals surface area contributed by atoms with E-state index >= 15 is 0 Å². The molecule has 0 bridgehead atoms. The maximum atomic E-state index is 12.7. The summed E-state index contributed by atoms with van der Waals surface area (Å²) < 4.78 is 30.7. The van der Waals surface area contributed by atoms with Crippen LogP contribution in [0.2, 0.25) is 0 Å². The Labute approximate surface area is 170 Å². The molecule has 29 heavy (non-hydrogen) atoms. The van der Waals surface area contributed by atoms with Crippen molar-refractivity contribution >= 4 is 33.3 Å². The number of H-pyrrole nitrogens is 1. The van der Waals surface area contributed by atoms with Gasteiger partial charge in [0, 0.05) is 17.9 Å². The Morgan fingerprint density at radius 3 is 2.38 bits per heavy atom. The molecule has 2 heterocycles. The minimum Gasteiger partial charge on any atom is -0.459 e. The first kappa shape index (κ1) is 20.9. The molecule has 1 aliphatic rings. The standard InChI is InChI=1S/C20H25N3O5S/c1-12(2)28-20(25)17-13(3)18(21-14(17)4)19(24)22-15-6-8-16(9-7-15)23-10-5-11-29(23,26)27/h6-9,12,21H,5,10-11H2,1-4H3,(H,22,24). The molecule has 1 aromatic heterocycles. The molecule has 0 atom stereocenters. The fourth-order valence-corrected chi connectivity index (χ4v) is 4.95. The number of nitrogens with zero attached hydrogens (tertiary/aromatic N) is 1. The number of esters is 1. The number of anilines is 2. The molecule has 1 aromatic carbocycles. The molecule has 0 aliphatic carbocycles. The molecule has 2 N–H and O–H groups in total. The Hall–Kier alpha value is -2.81. The number of aryl methyl sites for hydroxylation is 1. The van der Waals surface area contributed by atoms with E-state index in [0.29, 0.717) is 41.2 Å². The van der Waals surface area contributed by atoms with E-state index in [2.05, 4.69) is 10.3 Å². The highest BCUT2D eigenvalue weighted by Gasteiger charge is 2.28. The number of amides is 1. The molecule has 156 valence electrons. The maximum absolute atomic E-state index is 12.7. The predicted octanol–water partition coefficient (Wildman–Crippen LogP) is 2.99. The van der Waals surface area contributed by atoms with E-state index in [9.17, 15) is 18.0 Å². The first-order chi connectivity index (χ1) is 13.6. The molecule has 0 unspecified atom stereocenters. The average molecular weight is 420 g/mol. The van der Waals surface area contributed by atoms with Gasteiger partial charge in [0.2, 0.25) is 10.0 Å². The van der Waals surface area contributed by atoms with Crippen LogP contribution in [0, 0.1) is 13.8 Å². The zero-order valence-electron chi connectivity index (χ0n) is 16.9. The highest BCUT2D eigenvalue weighted by molar-refractivity contribution is 7.93. The number of carbonyl (C=O) groups excluding carboxylic acids is 2. The fourth-order valence-electron chi connectivity index (χ4n) is 3.39. The lowest BCUT2D eigenvalue weighted by molar-refractivity contribution is 0.0376. The Bertz CT molecular complexity index is 1040. The molecular formula is C20H25N3O5S. The van der Waals surface area contributed by atoms with Gasteiger partial charge >= 0.3 is 5.97 Å². The van der Waals surface area contributed by atoms with Crippen molar-refractivity contribution in [2.75, 3.05) is 21.9 Å². The zero-order valence-corrected chi connectivity index (χ0v) is 17.7. The first-order valence-corrected chi connectivity index (χ1v) is 11.0. The van der Waals surface area contributed by atoms with Gasteiger partial charge in [-0.05, 0) is 63.9 Å². The van der Waals surface area contributed by atoms with E-state index in [4.69, 9.17) is 4.74 Å². The van der Waals surface area contributed by atoms with Crippen molar-refractivity contribution in [1.29, 1.82) is 0 Å². The number of carbonyl (C=O) groups is 2. The number of sulfonamides is 1. The molecule has 3 rings (SSSR count). The van der Waals surface area contributed by atoms with Crippen LogP contribution < -0.4 is 9.62 Å². The van der Waals surface area contributed by atoms with Crippen LogP contribution in [0.3, 0.4) is 0 Å². The van der Waals surface area contributed by atoms with Crippen molar-refractivity contribution < 1.29 is 22.7 Å². The van der Waals surface area contributed by atoms with Crippen LogP contribution in [0.15, 0.2) is 24.3 Å². The summed E-state index contributed by atoms with van der Waals surface area (Å²) in [7, 11) is -3.25. The fraction of sp³-hybridized carbons (Fsp3) is 0.400. The SMILES string of the molecule is Cc1[nH]c(C(=O)Nc2ccc(N3CCCS3(=O)=O)cc2)c(C)c1C(=O)OC(C)C. The third kappa shape index (κ3) is 4.29. The average Bonchev–Trinajstić information content (AvgIpc) is 3.13. The summed E-state index contributed by atoms with van der Waals surface area (Å²) in [5.41, 5.74) is 2.82. The topological polar surface area (TPSA) is 109 Å². The molecule has 0 saturated carbocycles. The summed E-state index contributed by atoms with van der Waals surface area (Å²) in [5.74, 6) is -0.712. The van der Waals surface area contributed by atoms with Gasteiger partial charge in [0.05, 0.1) is 23.1 Å². The Balaban J connectivity index is 1.76. The van der Waals surface area contributed by atoms with E-state index in [-0.39, 0.29) is 17.6 Å². The van der Waals surface area contributed by atoms with Gasteiger partial charge in [0.1, 0.15) is 5.69 Å². The smallest absolute Gasteiger partial charge is 0.340 e. The van der Waals surface area contributed by atoms with Gasteiger partial charge in [-0.3, -0.25) is 9.10 Å².